The van der Waals surface area contributed by atoms with Crippen LogP contribution >= 0.6 is 0 Å². The van der Waals surface area contributed by atoms with Crippen molar-refractivity contribution in [3.05, 3.63) is 145 Å². The van der Waals surface area contributed by atoms with Gasteiger partial charge in [0.05, 0.1) is 39.8 Å². The number of hydrogen-bond acceptors (Lipinski definition) is 3. The summed E-state index contributed by atoms with van der Waals surface area (Å²) < 4.78 is 4.67. The van der Waals surface area contributed by atoms with Crippen LogP contribution in [0.5, 0.6) is 0 Å². The number of para-hydroxylation sites is 2. The average Bonchev–Trinajstić information content (AvgIpc) is 3.79. The summed E-state index contributed by atoms with van der Waals surface area (Å²) in [6.45, 7) is 7.63. The fraction of sp³-hybridized carbons (Fsp3) is 0. The molecule has 0 atom stereocenters. The summed E-state index contributed by atoms with van der Waals surface area (Å²) in [5, 5.41) is 10.5. The first-order chi connectivity index (χ1) is 23.8. The van der Waals surface area contributed by atoms with Gasteiger partial charge in [0.15, 0.2) is 11.3 Å². The zero-order valence-electron chi connectivity index (χ0n) is 25.4. The Bertz CT molecular complexity index is 3200. The average molecular weight is 611 g/mol. The molecule has 0 saturated heterocycles. The topological polar surface area (TPSA) is 52.4 Å². The van der Waals surface area contributed by atoms with Gasteiger partial charge in [-0.2, -0.15) is 4.98 Å². The number of rotatable bonds is 2. The highest BCUT2D eigenvalue weighted by molar-refractivity contribution is 6.37. The van der Waals surface area contributed by atoms with Gasteiger partial charge in [-0.25, -0.2) is 14.8 Å². The number of pyridine rings is 1. The van der Waals surface area contributed by atoms with Crippen molar-refractivity contribution in [1.29, 1.82) is 0 Å². The molecule has 0 N–H and O–H groups in total. The predicted molar refractivity (Wildman–Crippen MR) is 196 cm³/mol. The number of fused-ring (bicyclic) bond motifs is 13. The van der Waals surface area contributed by atoms with Crippen molar-refractivity contribution in [1.82, 2.24) is 23.9 Å². The first-order valence-electron chi connectivity index (χ1n) is 15.9. The van der Waals surface area contributed by atoms with Crippen LogP contribution in [0.15, 0.2) is 134 Å². The Morgan fingerprint density at radius 2 is 1.33 bits per heavy atom. The molecule has 5 aromatic heterocycles. The lowest BCUT2D eigenvalue weighted by Crippen LogP contribution is -2.04. The van der Waals surface area contributed by atoms with E-state index >= 15 is 0 Å². The molecule has 0 spiro atoms. The zero-order valence-corrected chi connectivity index (χ0v) is 25.4. The molecule has 0 aliphatic carbocycles. The van der Waals surface area contributed by atoms with Crippen LogP contribution in [-0.2, 0) is 0 Å². The van der Waals surface area contributed by atoms with Crippen LogP contribution in [-0.4, -0.2) is 23.9 Å². The van der Waals surface area contributed by atoms with Gasteiger partial charge in [-0.15, -0.1) is 0 Å². The second-order valence-electron chi connectivity index (χ2n) is 12.3. The zero-order chi connectivity index (χ0) is 31.5. The number of hydrogen-bond donors (Lipinski definition) is 0. The van der Waals surface area contributed by atoms with Gasteiger partial charge in [-0.05, 0) is 47.3 Å². The summed E-state index contributed by atoms with van der Waals surface area (Å²) in [6, 6.07) is 44.3. The van der Waals surface area contributed by atoms with Crippen molar-refractivity contribution < 1.29 is 0 Å². The van der Waals surface area contributed by atoms with Crippen LogP contribution in [0.25, 0.3) is 104 Å². The summed E-state index contributed by atoms with van der Waals surface area (Å²) in [6.07, 6.45) is 1.77. The van der Waals surface area contributed by atoms with Gasteiger partial charge in [-0.1, -0.05) is 91.0 Å². The first kappa shape index (κ1) is 25.4. The van der Waals surface area contributed by atoms with E-state index in [2.05, 4.69) is 105 Å². The third-order valence-corrected chi connectivity index (χ3v) is 9.89. The first-order valence-corrected chi connectivity index (χ1v) is 15.9. The van der Waals surface area contributed by atoms with Crippen LogP contribution < -0.4 is 0 Å². The van der Waals surface area contributed by atoms with E-state index in [1.165, 1.54) is 54.3 Å². The molecular weight excluding hydrogens is 589 g/mol. The van der Waals surface area contributed by atoms with Crippen molar-refractivity contribution in [2.24, 2.45) is 0 Å². The maximum absolute atomic E-state index is 7.63. The second kappa shape index (κ2) is 9.12. The smallest absolute Gasteiger partial charge is 0.237 e. The molecule has 0 radical (unpaired) electrons. The fourth-order valence-corrected chi connectivity index (χ4v) is 7.97. The molecule has 6 nitrogen and oxygen atoms in total. The van der Waals surface area contributed by atoms with E-state index < -0.39 is 0 Å². The lowest BCUT2D eigenvalue weighted by atomic mass is 10.0. The van der Waals surface area contributed by atoms with Crippen molar-refractivity contribution in [3.8, 4) is 17.2 Å². The highest BCUT2D eigenvalue weighted by Crippen LogP contribution is 2.47. The van der Waals surface area contributed by atoms with Gasteiger partial charge in [0.2, 0.25) is 5.95 Å². The summed E-state index contributed by atoms with van der Waals surface area (Å²) in [5.41, 5.74) is 8.50. The standard InChI is InChI=1S/C42H22N6/c1-43-26-12-8-11-25(22-26)38-31-16-9-21-44-41(31)46-42(45-38)47-34-18-7-5-15-29(34)36-35(47)23-32-28-14-4-6-17-33(28)48-39-27-13-3-2-10-24(27)19-20-30(39)37(36)40(32)48/h2-23H. The van der Waals surface area contributed by atoms with Crippen molar-refractivity contribution in [2.45, 2.75) is 0 Å². The molecule has 0 saturated carbocycles. The van der Waals surface area contributed by atoms with E-state index in [0.29, 0.717) is 17.3 Å². The Kier molecular flexibility index (Phi) is 4.82. The van der Waals surface area contributed by atoms with Crippen LogP contribution in [0.3, 0.4) is 0 Å². The Morgan fingerprint density at radius 1 is 0.542 bits per heavy atom. The van der Waals surface area contributed by atoms with E-state index in [9.17, 15) is 0 Å². The number of benzene rings is 6. The van der Waals surface area contributed by atoms with E-state index in [4.69, 9.17) is 21.5 Å². The Labute approximate surface area is 272 Å². The van der Waals surface area contributed by atoms with Gasteiger partial charge in [0.25, 0.3) is 0 Å². The van der Waals surface area contributed by atoms with Crippen LogP contribution in [0.2, 0.25) is 0 Å². The van der Waals surface area contributed by atoms with Gasteiger partial charge in [0.1, 0.15) is 0 Å². The number of aromatic nitrogens is 5. The molecule has 11 aromatic rings. The van der Waals surface area contributed by atoms with E-state index in [1.807, 2.05) is 36.4 Å². The third kappa shape index (κ3) is 3.17. The lowest BCUT2D eigenvalue weighted by Gasteiger charge is -2.11. The monoisotopic (exact) mass is 610 g/mol. The van der Waals surface area contributed by atoms with Crippen LogP contribution in [0.4, 0.5) is 5.69 Å². The van der Waals surface area contributed by atoms with Crippen LogP contribution in [0.1, 0.15) is 0 Å². The highest BCUT2D eigenvalue weighted by atomic mass is 15.2. The van der Waals surface area contributed by atoms with Gasteiger partial charge < -0.3 is 4.40 Å². The van der Waals surface area contributed by atoms with E-state index in [-0.39, 0.29) is 0 Å². The minimum atomic E-state index is 0.544. The van der Waals surface area contributed by atoms with Crippen LogP contribution in [0, 0.1) is 6.57 Å². The summed E-state index contributed by atoms with van der Waals surface area (Å²) in [5.74, 6) is 0.544. The van der Waals surface area contributed by atoms with Gasteiger partial charge in [0, 0.05) is 49.3 Å². The molecule has 0 aliphatic heterocycles. The van der Waals surface area contributed by atoms with Crippen molar-refractivity contribution >= 4 is 87.4 Å². The van der Waals surface area contributed by atoms with Crippen molar-refractivity contribution in [2.75, 3.05) is 0 Å². The molecule has 220 valence electrons. The summed E-state index contributed by atoms with van der Waals surface area (Å²) >= 11 is 0. The summed E-state index contributed by atoms with van der Waals surface area (Å²) in [4.78, 5) is 18.8. The third-order valence-electron chi connectivity index (χ3n) is 9.89. The molecule has 6 heteroatoms. The van der Waals surface area contributed by atoms with E-state index in [0.717, 1.165) is 33.1 Å². The second-order valence-corrected chi connectivity index (χ2v) is 12.3. The molecule has 0 unspecified atom stereocenters. The molecule has 6 aromatic carbocycles. The van der Waals surface area contributed by atoms with E-state index in [1.54, 1.807) is 6.20 Å². The molecule has 11 rings (SSSR count). The molecule has 48 heavy (non-hydrogen) atoms. The van der Waals surface area contributed by atoms with Gasteiger partial charge in [-0.3, -0.25) is 4.57 Å². The minimum absolute atomic E-state index is 0.544. The Hall–Kier alpha value is -6.84. The fourth-order valence-electron chi connectivity index (χ4n) is 7.97. The highest BCUT2D eigenvalue weighted by Gasteiger charge is 2.26. The molecular formula is C42H22N6. The largest absolute Gasteiger partial charge is 0.307 e. The normalized spacial score (nSPS) is 12.1. The SMILES string of the molecule is [C-]#[N+]c1cccc(-c2nc(-n3c4ccccc4c4c5c6ccc7ccccc7c6n6c7ccccc7c(cc43)c56)nc3ncccc23)c1. The van der Waals surface area contributed by atoms with Gasteiger partial charge >= 0.3 is 0 Å². The Morgan fingerprint density at radius 3 is 2.23 bits per heavy atom. The quantitative estimate of drug-likeness (QED) is 0.183. The molecule has 0 amide bonds. The minimum Gasteiger partial charge on any atom is -0.307 e. The van der Waals surface area contributed by atoms with Crippen molar-refractivity contribution in [3.63, 3.8) is 0 Å². The molecule has 0 aliphatic rings. The predicted octanol–water partition coefficient (Wildman–Crippen LogP) is 10.6. The summed E-state index contributed by atoms with van der Waals surface area (Å²) in [7, 11) is 0. The maximum Gasteiger partial charge on any atom is 0.237 e. The molecule has 5 heterocycles. The molecule has 0 bridgehead atoms. The molecule has 0 fully saturated rings. The Balaban J connectivity index is 1.37. The lowest BCUT2D eigenvalue weighted by molar-refractivity contribution is 1.01. The number of nitrogens with zero attached hydrogens (tertiary/aromatic N) is 6. The maximum atomic E-state index is 7.63.